The van der Waals surface area contributed by atoms with Crippen LogP contribution in [-0.4, -0.2) is 29.7 Å². The summed E-state index contributed by atoms with van der Waals surface area (Å²) in [7, 11) is 0. The summed E-state index contributed by atoms with van der Waals surface area (Å²) < 4.78 is 10.9. The van der Waals surface area contributed by atoms with Gasteiger partial charge in [-0.25, -0.2) is 0 Å². The van der Waals surface area contributed by atoms with Gasteiger partial charge in [-0.3, -0.25) is 15.0 Å². The molecule has 2 aliphatic heterocycles. The fourth-order valence-corrected chi connectivity index (χ4v) is 3.72. The molecule has 130 valence electrons. The molecule has 0 bridgehead atoms. The summed E-state index contributed by atoms with van der Waals surface area (Å²) in [6.07, 6.45) is 1.10. The van der Waals surface area contributed by atoms with Crippen molar-refractivity contribution in [3.05, 3.63) is 69.3 Å². The van der Waals surface area contributed by atoms with Gasteiger partial charge in [-0.2, -0.15) is 0 Å². The topological polar surface area (TPSA) is 64.8 Å². The monoisotopic (exact) mass is 340 g/mol. The molecule has 0 saturated carbocycles. The van der Waals surface area contributed by atoms with Crippen LogP contribution < -0.4 is 4.74 Å². The highest BCUT2D eigenvalue weighted by Gasteiger charge is 2.27. The van der Waals surface area contributed by atoms with Crippen LogP contribution in [0.2, 0.25) is 0 Å². The highest BCUT2D eigenvalue weighted by molar-refractivity contribution is 5.50. The minimum Gasteiger partial charge on any atom is -0.467 e. The largest absolute Gasteiger partial charge is 0.467 e. The first-order valence-corrected chi connectivity index (χ1v) is 8.49. The highest BCUT2D eigenvalue weighted by atomic mass is 16.7. The van der Waals surface area contributed by atoms with Crippen LogP contribution in [0.15, 0.2) is 42.5 Å². The number of rotatable bonds is 4. The molecule has 1 atom stereocenters. The summed E-state index contributed by atoms with van der Waals surface area (Å²) in [6, 6.07) is 13.7. The van der Waals surface area contributed by atoms with E-state index < -0.39 is 0 Å². The van der Waals surface area contributed by atoms with E-state index in [-0.39, 0.29) is 17.4 Å². The Balaban J connectivity index is 1.55. The number of nitrogens with zero attached hydrogens (tertiary/aromatic N) is 2. The van der Waals surface area contributed by atoms with E-state index in [1.54, 1.807) is 12.1 Å². The molecule has 1 fully saturated rings. The second-order valence-corrected chi connectivity index (χ2v) is 6.59. The minimum absolute atomic E-state index is 0.0988. The van der Waals surface area contributed by atoms with Crippen molar-refractivity contribution in [1.29, 1.82) is 0 Å². The van der Waals surface area contributed by atoms with Crippen molar-refractivity contribution in [3.8, 4) is 5.75 Å². The van der Waals surface area contributed by atoms with E-state index >= 15 is 0 Å². The zero-order chi connectivity index (χ0) is 17.2. The number of non-ortho nitro benzene ring substituents is 1. The Kier molecular flexibility index (Phi) is 4.38. The standard InChI is InChI=1S/C19H20N2O4/c22-21(23)18-8-16(19-17(9-18)12-24-13-25-19)11-20-7-6-15(10-20)14-4-2-1-3-5-14/h1-5,8-9,15H,6-7,10-13H2/t15-/m1/s1. The molecule has 0 N–H and O–H groups in total. The molecule has 2 aromatic rings. The van der Waals surface area contributed by atoms with Gasteiger partial charge in [0.2, 0.25) is 0 Å². The predicted molar refractivity (Wildman–Crippen MR) is 92.5 cm³/mol. The molecule has 0 spiro atoms. The molecule has 0 radical (unpaired) electrons. The Morgan fingerprint density at radius 2 is 2.08 bits per heavy atom. The van der Waals surface area contributed by atoms with Crippen molar-refractivity contribution in [3.63, 3.8) is 0 Å². The Morgan fingerprint density at radius 3 is 2.88 bits per heavy atom. The lowest BCUT2D eigenvalue weighted by molar-refractivity contribution is -0.385. The summed E-state index contributed by atoms with van der Waals surface area (Å²) in [5.41, 5.74) is 3.09. The maximum absolute atomic E-state index is 11.2. The van der Waals surface area contributed by atoms with Gasteiger partial charge in [0.1, 0.15) is 5.75 Å². The summed E-state index contributed by atoms with van der Waals surface area (Å²) in [6.45, 7) is 3.15. The van der Waals surface area contributed by atoms with Crippen LogP contribution in [0.5, 0.6) is 5.75 Å². The molecule has 2 heterocycles. The van der Waals surface area contributed by atoms with Gasteiger partial charge in [-0.05, 0) is 24.4 Å². The van der Waals surface area contributed by atoms with Gasteiger partial charge in [0.05, 0.1) is 11.5 Å². The maximum atomic E-state index is 11.2. The number of benzene rings is 2. The SMILES string of the molecule is O=[N+]([O-])c1cc2c(c(CN3CC[C@@H](c4ccccc4)C3)c1)OCOC2. The van der Waals surface area contributed by atoms with Crippen LogP contribution in [0.4, 0.5) is 5.69 Å². The Hall–Kier alpha value is -2.44. The Labute approximate surface area is 146 Å². The number of nitro groups is 1. The van der Waals surface area contributed by atoms with Gasteiger partial charge in [0.25, 0.3) is 5.69 Å². The third-order valence-electron chi connectivity index (χ3n) is 4.92. The van der Waals surface area contributed by atoms with Crippen molar-refractivity contribution in [2.24, 2.45) is 0 Å². The number of hydrogen-bond acceptors (Lipinski definition) is 5. The number of nitro benzene ring substituents is 1. The number of fused-ring (bicyclic) bond motifs is 1. The molecule has 0 unspecified atom stereocenters. The molecule has 6 nitrogen and oxygen atoms in total. The third kappa shape index (κ3) is 3.36. The van der Waals surface area contributed by atoms with Gasteiger partial charge >= 0.3 is 0 Å². The van der Waals surface area contributed by atoms with E-state index in [1.807, 2.05) is 6.07 Å². The molecule has 0 amide bonds. The maximum Gasteiger partial charge on any atom is 0.270 e. The first kappa shape index (κ1) is 16.1. The molecule has 2 aromatic carbocycles. The summed E-state index contributed by atoms with van der Waals surface area (Å²) in [5.74, 6) is 1.26. The highest BCUT2D eigenvalue weighted by Crippen LogP contribution is 2.35. The second kappa shape index (κ2) is 6.82. The fraction of sp³-hybridized carbons (Fsp3) is 0.368. The summed E-state index contributed by atoms with van der Waals surface area (Å²) in [5, 5.41) is 11.2. The lowest BCUT2D eigenvalue weighted by Crippen LogP contribution is -2.22. The van der Waals surface area contributed by atoms with E-state index in [0.29, 0.717) is 19.1 Å². The average Bonchev–Trinajstić information content (AvgIpc) is 3.11. The van der Waals surface area contributed by atoms with Gasteiger partial charge in [-0.15, -0.1) is 0 Å². The molecule has 25 heavy (non-hydrogen) atoms. The molecular weight excluding hydrogens is 320 g/mol. The van der Waals surface area contributed by atoms with Crippen molar-refractivity contribution >= 4 is 5.69 Å². The van der Waals surface area contributed by atoms with Crippen molar-refractivity contribution in [2.45, 2.75) is 25.5 Å². The minimum atomic E-state index is -0.352. The van der Waals surface area contributed by atoms with E-state index in [2.05, 4.69) is 29.2 Å². The quantitative estimate of drug-likeness (QED) is 0.630. The van der Waals surface area contributed by atoms with Gasteiger partial charge < -0.3 is 9.47 Å². The normalized spacial score (nSPS) is 20.1. The summed E-state index contributed by atoms with van der Waals surface area (Å²) >= 11 is 0. The zero-order valence-electron chi connectivity index (χ0n) is 13.9. The smallest absolute Gasteiger partial charge is 0.270 e. The molecule has 2 aliphatic rings. The van der Waals surface area contributed by atoms with Gasteiger partial charge in [0.15, 0.2) is 6.79 Å². The van der Waals surface area contributed by atoms with Crippen LogP contribution >= 0.6 is 0 Å². The van der Waals surface area contributed by atoms with Crippen LogP contribution in [0.25, 0.3) is 0 Å². The first-order valence-electron chi connectivity index (χ1n) is 8.49. The third-order valence-corrected chi connectivity index (χ3v) is 4.92. The molecule has 0 aliphatic carbocycles. The summed E-state index contributed by atoms with van der Waals surface area (Å²) in [4.78, 5) is 13.2. The lowest BCUT2D eigenvalue weighted by Gasteiger charge is -2.23. The van der Waals surface area contributed by atoms with Crippen molar-refractivity contribution in [2.75, 3.05) is 19.9 Å². The fourth-order valence-electron chi connectivity index (χ4n) is 3.72. The molecule has 4 rings (SSSR count). The van der Waals surface area contributed by atoms with E-state index in [1.165, 1.54) is 5.56 Å². The van der Waals surface area contributed by atoms with Gasteiger partial charge in [-0.1, -0.05) is 30.3 Å². The Morgan fingerprint density at radius 1 is 1.24 bits per heavy atom. The van der Waals surface area contributed by atoms with Gasteiger partial charge in [0, 0.05) is 36.3 Å². The first-order chi connectivity index (χ1) is 12.2. The van der Waals surface area contributed by atoms with Crippen LogP contribution in [0.3, 0.4) is 0 Å². The van der Waals surface area contributed by atoms with Crippen molar-refractivity contribution in [1.82, 2.24) is 4.90 Å². The second-order valence-electron chi connectivity index (χ2n) is 6.59. The van der Waals surface area contributed by atoms with Crippen LogP contribution in [0.1, 0.15) is 29.0 Å². The Bertz CT molecular complexity index is 778. The lowest BCUT2D eigenvalue weighted by atomic mass is 9.99. The number of likely N-dealkylation sites (tertiary alicyclic amines) is 1. The molecule has 0 aromatic heterocycles. The van der Waals surface area contributed by atoms with E-state index in [0.717, 1.165) is 36.4 Å². The predicted octanol–water partition coefficient (Wildman–Crippen LogP) is 3.45. The zero-order valence-corrected chi connectivity index (χ0v) is 13.9. The molecular formula is C19H20N2O4. The number of hydrogen-bond donors (Lipinski definition) is 0. The average molecular weight is 340 g/mol. The van der Waals surface area contributed by atoms with Crippen molar-refractivity contribution < 1.29 is 14.4 Å². The number of ether oxygens (including phenoxy) is 2. The molecule has 6 heteroatoms. The van der Waals surface area contributed by atoms with Crippen LogP contribution in [-0.2, 0) is 17.9 Å². The molecule has 1 saturated heterocycles. The van der Waals surface area contributed by atoms with E-state index in [9.17, 15) is 10.1 Å². The van der Waals surface area contributed by atoms with Crippen LogP contribution in [0, 0.1) is 10.1 Å². The van der Waals surface area contributed by atoms with E-state index in [4.69, 9.17) is 9.47 Å².